The Morgan fingerprint density at radius 3 is 2.69 bits per heavy atom. The van der Waals surface area contributed by atoms with Crippen LogP contribution in [0.15, 0.2) is 64.1 Å². The summed E-state index contributed by atoms with van der Waals surface area (Å²) in [6.07, 6.45) is 1.98. The SMILES string of the molecule is CN1c2cc(Br)ccc2C(C)(C)C12C=Nc1c(ccc3ccccc13)O2. The highest BCUT2D eigenvalue weighted by molar-refractivity contribution is 9.10. The predicted octanol–water partition coefficient (Wildman–Crippen LogP) is 5.82. The molecule has 0 aliphatic carbocycles. The zero-order chi connectivity index (χ0) is 18.1. The quantitative estimate of drug-likeness (QED) is 0.469. The third kappa shape index (κ3) is 1.85. The molecule has 5 rings (SSSR count). The Morgan fingerprint density at radius 1 is 1.04 bits per heavy atom. The number of hydrogen-bond donors (Lipinski definition) is 0. The van der Waals surface area contributed by atoms with Crippen LogP contribution in [0, 0.1) is 0 Å². The van der Waals surface area contributed by atoms with Crippen molar-refractivity contribution in [2.45, 2.75) is 25.0 Å². The molecule has 0 bridgehead atoms. The molecule has 1 unspecified atom stereocenters. The number of fused-ring (bicyclic) bond motifs is 4. The van der Waals surface area contributed by atoms with Crippen LogP contribution in [0.2, 0.25) is 0 Å². The Morgan fingerprint density at radius 2 is 1.85 bits per heavy atom. The molecule has 0 amide bonds. The second kappa shape index (κ2) is 5.10. The van der Waals surface area contributed by atoms with Crippen molar-refractivity contribution in [3.8, 4) is 5.75 Å². The molecule has 0 aromatic heterocycles. The van der Waals surface area contributed by atoms with E-state index in [2.05, 4.69) is 78.1 Å². The number of anilines is 1. The molecule has 3 aromatic rings. The third-order valence-electron chi connectivity index (χ3n) is 5.89. The van der Waals surface area contributed by atoms with Gasteiger partial charge in [0.05, 0.1) is 11.6 Å². The predicted molar refractivity (Wildman–Crippen MR) is 111 cm³/mol. The molecule has 0 N–H and O–H groups in total. The highest BCUT2D eigenvalue weighted by atomic mass is 79.9. The van der Waals surface area contributed by atoms with Gasteiger partial charge in [-0.25, -0.2) is 0 Å². The minimum atomic E-state index is -0.647. The summed E-state index contributed by atoms with van der Waals surface area (Å²) < 4.78 is 7.76. The first-order valence-corrected chi connectivity index (χ1v) is 9.53. The van der Waals surface area contributed by atoms with E-state index in [1.165, 1.54) is 16.6 Å². The van der Waals surface area contributed by atoms with Gasteiger partial charge in [0.15, 0.2) is 0 Å². The first-order valence-electron chi connectivity index (χ1n) is 8.74. The van der Waals surface area contributed by atoms with Crippen molar-refractivity contribution in [1.29, 1.82) is 0 Å². The van der Waals surface area contributed by atoms with Crippen LogP contribution >= 0.6 is 15.9 Å². The summed E-state index contributed by atoms with van der Waals surface area (Å²) in [5, 5.41) is 2.30. The number of aliphatic imine (C=N–C) groups is 1. The average molecular weight is 407 g/mol. The van der Waals surface area contributed by atoms with E-state index >= 15 is 0 Å². The summed E-state index contributed by atoms with van der Waals surface area (Å²) in [7, 11) is 2.08. The Hall–Kier alpha value is -2.33. The van der Waals surface area contributed by atoms with E-state index in [1.54, 1.807) is 0 Å². The number of halogens is 1. The van der Waals surface area contributed by atoms with Crippen molar-refractivity contribution in [1.82, 2.24) is 0 Å². The van der Waals surface area contributed by atoms with Crippen LogP contribution in [0.5, 0.6) is 5.75 Å². The fraction of sp³-hybridized carbons (Fsp3) is 0.227. The minimum absolute atomic E-state index is 0.245. The normalized spacial score (nSPS) is 22.4. The molecular weight excluding hydrogens is 388 g/mol. The van der Waals surface area contributed by atoms with Crippen molar-refractivity contribution in [3.63, 3.8) is 0 Å². The molecule has 130 valence electrons. The molecule has 2 aliphatic rings. The van der Waals surface area contributed by atoms with Crippen LogP contribution in [-0.4, -0.2) is 19.0 Å². The van der Waals surface area contributed by atoms with E-state index in [-0.39, 0.29) is 5.41 Å². The summed E-state index contributed by atoms with van der Waals surface area (Å²) in [6, 6.07) is 18.9. The molecule has 0 radical (unpaired) electrons. The molecule has 4 heteroatoms. The Kier molecular flexibility index (Phi) is 3.12. The Labute approximate surface area is 161 Å². The average Bonchev–Trinajstić information content (AvgIpc) is 2.80. The molecule has 0 saturated carbocycles. The molecule has 1 atom stereocenters. The van der Waals surface area contributed by atoms with Gasteiger partial charge >= 0.3 is 0 Å². The van der Waals surface area contributed by atoms with E-state index in [4.69, 9.17) is 9.73 Å². The van der Waals surface area contributed by atoms with Gasteiger partial charge in [0.2, 0.25) is 5.72 Å². The fourth-order valence-corrected chi connectivity index (χ4v) is 4.69. The van der Waals surface area contributed by atoms with Gasteiger partial charge in [-0.1, -0.05) is 52.3 Å². The molecule has 3 nitrogen and oxygen atoms in total. The number of hydrogen-bond acceptors (Lipinski definition) is 3. The molecule has 2 heterocycles. The van der Waals surface area contributed by atoms with Crippen molar-refractivity contribution in [2.24, 2.45) is 4.99 Å². The largest absolute Gasteiger partial charge is 0.459 e. The minimum Gasteiger partial charge on any atom is -0.459 e. The van der Waals surface area contributed by atoms with Gasteiger partial charge in [0.1, 0.15) is 11.4 Å². The van der Waals surface area contributed by atoms with Crippen LogP contribution in [0.4, 0.5) is 11.4 Å². The van der Waals surface area contributed by atoms with Gasteiger partial charge in [0.25, 0.3) is 0 Å². The highest BCUT2D eigenvalue weighted by Gasteiger charge is 2.58. The maximum Gasteiger partial charge on any atom is 0.228 e. The number of ether oxygens (including phenoxy) is 1. The fourth-order valence-electron chi connectivity index (χ4n) is 4.34. The molecule has 1 spiro atoms. The van der Waals surface area contributed by atoms with Gasteiger partial charge in [-0.3, -0.25) is 4.99 Å². The smallest absolute Gasteiger partial charge is 0.228 e. The Bertz CT molecular complexity index is 1090. The maximum absolute atomic E-state index is 6.70. The lowest BCUT2D eigenvalue weighted by molar-refractivity contribution is 0.0826. The number of likely N-dealkylation sites (N-methyl/N-ethyl adjacent to an activating group) is 1. The monoisotopic (exact) mass is 406 g/mol. The van der Waals surface area contributed by atoms with Crippen molar-refractivity contribution in [2.75, 3.05) is 11.9 Å². The van der Waals surface area contributed by atoms with Gasteiger partial charge < -0.3 is 9.64 Å². The highest BCUT2D eigenvalue weighted by Crippen LogP contribution is 2.54. The van der Waals surface area contributed by atoms with E-state index in [1.807, 2.05) is 24.4 Å². The van der Waals surface area contributed by atoms with Crippen molar-refractivity contribution in [3.05, 3.63) is 64.6 Å². The second-order valence-corrected chi connectivity index (χ2v) is 8.45. The van der Waals surface area contributed by atoms with Gasteiger partial charge in [0, 0.05) is 22.6 Å². The maximum atomic E-state index is 6.70. The molecule has 26 heavy (non-hydrogen) atoms. The zero-order valence-electron chi connectivity index (χ0n) is 15.0. The van der Waals surface area contributed by atoms with Crippen molar-refractivity contribution >= 4 is 44.3 Å². The Balaban J connectivity index is 1.71. The van der Waals surface area contributed by atoms with Crippen LogP contribution in [0.3, 0.4) is 0 Å². The molecule has 3 aromatic carbocycles. The summed E-state index contributed by atoms with van der Waals surface area (Å²) in [5.74, 6) is 0.831. The van der Waals surface area contributed by atoms with E-state index in [9.17, 15) is 0 Å². The van der Waals surface area contributed by atoms with E-state index < -0.39 is 5.72 Å². The molecule has 2 aliphatic heterocycles. The standard InChI is InChI=1S/C22H19BrN2O/c1-21(2)17-10-9-15(23)12-18(17)25(3)22(21)13-24-20-16-7-5-4-6-14(16)8-11-19(20)26-22/h4-13H,1-3H3. The van der Waals surface area contributed by atoms with Crippen LogP contribution < -0.4 is 9.64 Å². The lowest BCUT2D eigenvalue weighted by Crippen LogP contribution is -2.61. The molecular formula is C22H19BrN2O. The number of nitrogens with zero attached hydrogens (tertiary/aromatic N) is 2. The first kappa shape index (κ1) is 15.9. The van der Waals surface area contributed by atoms with Crippen LogP contribution in [0.25, 0.3) is 10.8 Å². The van der Waals surface area contributed by atoms with Crippen molar-refractivity contribution < 1.29 is 4.74 Å². The summed E-state index contributed by atoms with van der Waals surface area (Å²) in [4.78, 5) is 7.11. The van der Waals surface area contributed by atoms with Gasteiger partial charge in [-0.05, 0) is 43.0 Å². The van der Waals surface area contributed by atoms with Crippen LogP contribution in [-0.2, 0) is 5.41 Å². The molecule has 0 fully saturated rings. The summed E-state index contributed by atoms with van der Waals surface area (Å²) >= 11 is 3.59. The second-order valence-electron chi connectivity index (χ2n) is 7.54. The zero-order valence-corrected chi connectivity index (χ0v) is 16.5. The van der Waals surface area contributed by atoms with E-state index in [0.717, 1.165) is 21.3 Å². The third-order valence-corrected chi connectivity index (χ3v) is 6.38. The summed E-state index contributed by atoms with van der Waals surface area (Å²) in [5.41, 5.74) is 2.45. The van der Waals surface area contributed by atoms with Gasteiger partial charge in [-0.2, -0.15) is 0 Å². The number of benzene rings is 3. The topological polar surface area (TPSA) is 24.8 Å². The van der Waals surface area contributed by atoms with E-state index in [0.29, 0.717) is 0 Å². The first-order chi connectivity index (χ1) is 12.4. The van der Waals surface area contributed by atoms with Crippen LogP contribution in [0.1, 0.15) is 19.4 Å². The summed E-state index contributed by atoms with van der Waals surface area (Å²) in [6.45, 7) is 4.45. The number of rotatable bonds is 0. The lowest BCUT2D eigenvalue weighted by atomic mass is 9.77. The van der Waals surface area contributed by atoms with Gasteiger partial charge in [-0.15, -0.1) is 0 Å². The lowest BCUT2D eigenvalue weighted by Gasteiger charge is -2.45. The molecule has 0 saturated heterocycles.